The van der Waals surface area contributed by atoms with Crippen molar-refractivity contribution in [2.45, 2.75) is 50.8 Å². The molecule has 0 radical (unpaired) electrons. The lowest BCUT2D eigenvalue weighted by molar-refractivity contribution is 0.0703. The summed E-state index contributed by atoms with van der Waals surface area (Å²) in [6.45, 7) is 0.550. The van der Waals surface area contributed by atoms with Gasteiger partial charge < -0.3 is 14.4 Å². The first-order valence-electron chi connectivity index (χ1n) is 9.29. The molecule has 0 N–H and O–H groups in total. The molecule has 2 aromatic rings. The smallest absolute Gasteiger partial charge is 0.255 e. The van der Waals surface area contributed by atoms with Crippen LogP contribution in [-0.4, -0.2) is 24.0 Å². The van der Waals surface area contributed by atoms with E-state index in [9.17, 15) is 10.1 Å². The van der Waals surface area contributed by atoms with Gasteiger partial charge in [0.05, 0.1) is 37.3 Å². The quantitative estimate of drug-likeness (QED) is 0.727. The second-order valence-electron chi connectivity index (χ2n) is 7.06. The van der Waals surface area contributed by atoms with Crippen molar-refractivity contribution in [1.29, 1.82) is 5.26 Å². The van der Waals surface area contributed by atoms with Crippen molar-refractivity contribution >= 4 is 17.2 Å². The molecule has 1 atom stereocenters. The summed E-state index contributed by atoms with van der Waals surface area (Å²) in [5, 5.41) is 13.3. The molecule has 0 saturated heterocycles. The zero-order valence-corrected chi connectivity index (χ0v) is 16.1. The summed E-state index contributed by atoms with van der Waals surface area (Å²) in [5.74, 6) is 1.39. The van der Waals surface area contributed by atoms with E-state index in [0.29, 0.717) is 18.0 Å². The van der Waals surface area contributed by atoms with Crippen LogP contribution >= 0.6 is 11.3 Å². The molecule has 2 aliphatic rings. The highest BCUT2D eigenvalue weighted by Crippen LogP contribution is 2.39. The van der Waals surface area contributed by atoms with Crippen molar-refractivity contribution in [3.05, 3.63) is 45.6 Å². The number of carbonyl (C=O) groups is 1. The van der Waals surface area contributed by atoms with Gasteiger partial charge in [0.25, 0.3) is 5.91 Å². The summed E-state index contributed by atoms with van der Waals surface area (Å²) >= 11 is 1.54. The van der Waals surface area contributed by atoms with Gasteiger partial charge >= 0.3 is 0 Å². The average Bonchev–Trinajstić information content (AvgIpc) is 3.40. The Morgan fingerprint density at radius 2 is 2.11 bits per heavy atom. The molecule has 140 valence electrons. The van der Waals surface area contributed by atoms with E-state index in [1.54, 1.807) is 23.3 Å². The van der Waals surface area contributed by atoms with Gasteiger partial charge in [-0.1, -0.05) is 6.07 Å². The molecule has 1 amide bonds. The van der Waals surface area contributed by atoms with Crippen LogP contribution < -0.4 is 9.47 Å². The average molecular weight is 382 g/mol. The van der Waals surface area contributed by atoms with E-state index >= 15 is 0 Å². The fourth-order valence-electron chi connectivity index (χ4n) is 3.97. The van der Waals surface area contributed by atoms with E-state index in [1.807, 2.05) is 29.0 Å². The maximum absolute atomic E-state index is 12.8. The third kappa shape index (κ3) is 3.40. The minimum atomic E-state index is -0.295. The first kappa shape index (κ1) is 17.9. The van der Waals surface area contributed by atoms with Crippen LogP contribution in [0.1, 0.15) is 59.6 Å². The fourth-order valence-corrected chi connectivity index (χ4v) is 4.79. The molecule has 1 fully saturated rings. The second-order valence-corrected chi connectivity index (χ2v) is 7.80. The Morgan fingerprint density at radius 3 is 2.81 bits per heavy atom. The fraction of sp³-hybridized carbons (Fsp3) is 0.429. The largest absolute Gasteiger partial charge is 0.493 e. The van der Waals surface area contributed by atoms with E-state index in [1.165, 1.54) is 12.8 Å². The molecule has 0 spiro atoms. The predicted octanol–water partition coefficient (Wildman–Crippen LogP) is 4.69. The molecule has 27 heavy (non-hydrogen) atoms. The summed E-state index contributed by atoms with van der Waals surface area (Å²) in [7, 11) is 1.63. The molecule has 1 aromatic carbocycles. The number of benzene rings is 1. The minimum absolute atomic E-state index is 0.000536. The Morgan fingerprint density at radius 1 is 1.30 bits per heavy atom. The second kappa shape index (κ2) is 7.61. The van der Waals surface area contributed by atoms with Gasteiger partial charge in [-0.3, -0.25) is 4.79 Å². The van der Waals surface area contributed by atoms with Crippen LogP contribution in [0.3, 0.4) is 0 Å². The van der Waals surface area contributed by atoms with Crippen molar-refractivity contribution in [2.75, 3.05) is 7.11 Å². The number of hydrogen-bond donors (Lipinski definition) is 0. The highest BCUT2D eigenvalue weighted by Gasteiger charge is 2.34. The van der Waals surface area contributed by atoms with Crippen LogP contribution in [0.5, 0.6) is 11.5 Å². The SMILES string of the molecule is COc1ccc(C(CC#N)N2Cc3cscc3C2=O)cc1OC1CCCC1. The number of fused-ring (bicyclic) bond motifs is 1. The highest BCUT2D eigenvalue weighted by atomic mass is 32.1. The lowest BCUT2D eigenvalue weighted by Gasteiger charge is -2.27. The van der Waals surface area contributed by atoms with E-state index in [0.717, 1.165) is 29.5 Å². The standard InChI is InChI=1S/C21H22N2O3S/c1-25-19-7-6-14(10-20(19)26-16-4-2-3-5-16)18(8-9-22)23-11-15-12-27-13-17(15)21(23)24/h6-7,10,12-13,16,18H,2-5,8,11H2,1H3. The van der Waals surface area contributed by atoms with E-state index in [2.05, 4.69) is 6.07 Å². The Kier molecular flexibility index (Phi) is 5.04. The van der Waals surface area contributed by atoms with Crippen molar-refractivity contribution in [1.82, 2.24) is 4.90 Å². The molecule has 0 bridgehead atoms. The van der Waals surface area contributed by atoms with Gasteiger partial charge in [-0.05, 0) is 54.3 Å². The molecule has 1 aromatic heterocycles. The third-order valence-corrected chi connectivity index (χ3v) is 6.20. The van der Waals surface area contributed by atoms with E-state index in [4.69, 9.17) is 9.47 Å². The van der Waals surface area contributed by atoms with Crippen LogP contribution in [0.4, 0.5) is 0 Å². The number of amides is 1. The molecule has 1 unspecified atom stereocenters. The lowest BCUT2D eigenvalue weighted by atomic mass is 10.0. The number of hydrogen-bond acceptors (Lipinski definition) is 5. The number of carbonyl (C=O) groups excluding carboxylic acids is 1. The van der Waals surface area contributed by atoms with Gasteiger partial charge in [0, 0.05) is 11.9 Å². The Bertz CT molecular complexity index is 880. The molecule has 1 saturated carbocycles. The number of nitriles is 1. The summed E-state index contributed by atoms with van der Waals surface area (Å²) in [4.78, 5) is 14.6. The summed E-state index contributed by atoms with van der Waals surface area (Å²) in [5.41, 5.74) is 2.72. The maximum Gasteiger partial charge on any atom is 0.255 e. The minimum Gasteiger partial charge on any atom is -0.493 e. The Labute approximate surface area is 163 Å². The maximum atomic E-state index is 12.8. The van der Waals surface area contributed by atoms with Crippen LogP contribution in [0.15, 0.2) is 29.0 Å². The number of methoxy groups -OCH3 is 1. The molecule has 5 nitrogen and oxygen atoms in total. The molecule has 1 aliphatic carbocycles. The zero-order valence-electron chi connectivity index (χ0n) is 15.3. The highest BCUT2D eigenvalue weighted by molar-refractivity contribution is 7.08. The summed E-state index contributed by atoms with van der Waals surface area (Å²) in [6.07, 6.45) is 4.94. The van der Waals surface area contributed by atoms with E-state index < -0.39 is 0 Å². The third-order valence-electron chi connectivity index (χ3n) is 5.40. The van der Waals surface area contributed by atoms with Crippen LogP contribution in [0.25, 0.3) is 0 Å². The molecular weight excluding hydrogens is 360 g/mol. The lowest BCUT2D eigenvalue weighted by Crippen LogP contribution is -2.29. The van der Waals surface area contributed by atoms with Crippen LogP contribution in [-0.2, 0) is 6.54 Å². The number of thiophene rings is 1. The van der Waals surface area contributed by atoms with Crippen molar-refractivity contribution in [2.24, 2.45) is 0 Å². The Hall–Kier alpha value is -2.52. The zero-order chi connectivity index (χ0) is 18.8. The molecular formula is C21H22N2O3S. The van der Waals surface area contributed by atoms with Crippen molar-refractivity contribution < 1.29 is 14.3 Å². The normalized spacial score (nSPS) is 17.6. The first-order valence-corrected chi connectivity index (χ1v) is 10.2. The van der Waals surface area contributed by atoms with Gasteiger partial charge in [-0.15, -0.1) is 0 Å². The molecule has 2 heterocycles. The predicted molar refractivity (Wildman–Crippen MR) is 103 cm³/mol. The van der Waals surface area contributed by atoms with Gasteiger partial charge in [0.2, 0.25) is 0 Å². The van der Waals surface area contributed by atoms with Gasteiger partial charge in [0.15, 0.2) is 11.5 Å². The number of ether oxygens (including phenoxy) is 2. The summed E-state index contributed by atoms with van der Waals surface area (Å²) < 4.78 is 11.7. The summed E-state index contributed by atoms with van der Waals surface area (Å²) in [6, 6.07) is 7.69. The molecule has 1 aliphatic heterocycles. The van der Waals surface area contributed by atoms with Gasteiger partial charge in [-0.2, -0.15) is 16.6 Å². The van der Waals surface area contributed by atoms with E-state index in [-0.39, 0.29) is 24.5 Å². The van der Waals surface area contributed by atoms with Crippen molar-refractivity contribution in [3.63, 3.8) is 0 Å². The topological polar surface area (TPSA) is 62.6 Å². The van der Waals surface area contributed by atoms with Crippen LogP contribution in [0, 0.1) is 11.3 Å². The van der Waals surface area contributed by atoms with Crippen LogP contribution in [0.2, 0.25) is 0 Å². The Balaban J connectivity index is 1.63. The van der Waals surface area contributed by atoms with Crippen molar-refractivity contribution in [3.8, 4) is 17.6 Å². The molecule has 6 heteroatoms. The van der Waals surface area contributed by atoms with Gasteiger partial charge in [-0.25, -0.2) is 0 Å². The monoisotopic (exact) mass is 382 g/mol. The molecule has 4 rings (SSSR count). The number of nitrogens with zero attached hydrogens (tertiary/aromatic N) is 2. The van der Waals surface area contributed by atoms with Gasteiger partial charge in [0.1, 0.15) is 0 Å². The first-order chi connectivity index (χ1) is 13.2. The number of rotatable bonds is 6.